The lowest BCUT2D eigenvalue weighted by molar-refractivity contribution is -0.266. The summed E-state index contributed by atoms with van der Waals surface area (Å²) in [6, 6.07) is 1.40. The molecule has 11 heteroatoms. The van der Waals surface area contributed by atoms with Crippen LogP contribution < -0.4 is 11.4 Å². The molecule has 0 aliphatic carbocycles. The second-order valence-electron chi connectivity index (χ2n) is 4.40. The number of nitrogens with zero attached hydrogens (tertiary/aromatic N) is 2. The molecular formula is C10H16N3O7P. The molecule has 0 bridgehead atoms. The van der Waals surface area contributed by atoms with Crippen molar-refractivity contribution in [3.63, 3.8) is 0 Å². The van der Waals surface area contributed by atoms with E-state index in [2.05, 4.69) is 4.98 Å². The highest BCUT2D eigenvalue weighted by Crippen LogP contribution is 2.41. The third kappa shape index (κ3) is 3.15. The Labute approximate surface area is 120 Å². The minimum atomic E-state index is -3.27. The molecule has 118 valence electrons. The molecule has 1 aromatic rings. The lowest BCUT2D eigenvalue weighted by atomic mass is 10.1. The molecule has 2 heterocycles. The molecule has 0 aromatic carbocycles. The normalized spacial score (nSPS) is 30.4. The molecule has 1 aliphatic heterocycles. The Kier molecular flexibility index (Phi) is 4.77. The summed E-state index contributed by atoms with van der Waals surface area (Å²) in [5, 5.41) is 9.45. The van der Waals surface area contributed by atoms with Gasteiger partial charge in [0.25, 0.3) is 0 Å². The number of hydrogen-bond donors (Lipinski definition) is 3. The Hall–Kier alpha value is -1.29. The lowest BCUT2D eigenvalue weighted by Gasteiger charge is -2.29. The molecule has 0 amide bonds. The van der Waals surface area contributed by atoms with Gasteiger partial charge in [-0.25, -0.2) is 4.79 Å². The number of aliphatic hydroxyl groups is 1. The van der Waals surface area contributed by atoms with Crippen LogP contribution in [0.4, 0.5) is 5.82 Å². The van der Waals surface area contributed by atoms with Crippen molar-refractivity contribution in [1.29, 1.82) is 0 Å². The average molecular weight is 321 g/mol. The van der Waals surface area contributed by atoms with Gasteiger partial charge in [0.2, 0.25) is 5.79 Å². The van der Waals surface area contributed by atoms with Gasteiger partial charge in [0.05, 0.1) is 6.61 Å². The minimum Gasteiger partial charge on any atom is -0.391 e. The van der Waals surface area contributed by atoms with Gasteiger partial charge in [-0.3, -0.25) is 9.13 Å². The monoisotopic (exact) mass is 321 g/mol. The minimum absolute atomic E-state index is 0.0247. The fourth-order valence-corrected chi connectivity index (χ4v) is 2.69. The van der Waals surface area contributed by atoms with Crippen LogP contribution in [0.1, 0.15) is 12.6 Å². The third-order valence-corrected chi connectivity index (χ3v) is 3.70. The zero-order valence-electron chi connectivity index (χ0n) is 11.1. The first kappa shape index (κ1) is 16.1. The van der Waals surface area contributed by atoms with Gasteiger partial charge >= 0.3 is 13.9 Å². The van der Waals surface area contributed by atoms with Crippen LogP contribution in [0.15, 0.2) is 17.1 Å². The number of hydrogen-bond acceptors (Lipinski definition) is 8. The van der Waals surface area contributed by atoms with E-state index in [-0.39, 0.29) is 12.2 Å². The van der Waals surface area contributed by atoms with Gasteiger partial charge in [-0.15, -0.1) is 0 Å². The zero-order valence-corrected chi connectivity index (χ0v) is 12.1. The number of anilines is 1. The largest absolute Gasteiger partial charge is 0.391 e. The molecule has 0 saturated carbocycles. The van der Waals surface area contributed by atoms with E-state index < -0.39 is 38.7 Å². The van der Waals surface area contributed by atoms with Crippen LogP contribution >= 0.6 is 8.25 Å². The van der Waals surface area contributed by atoms with Crippen LogP contribution in [0.2, 0.25) is 0 Å². The summed E-state index contributed by atoms with van der Waals surface area (Å²) >= 11 is 0. The predicted molar refractivity (Wildman–Crippen MR) is 70.6 cm³/mol. The molecule has 0 radical (unpaired) electrons. The molecular weight excluding hydrogens is 305 g/mol. The maximum atomic E-state index is 11.8. The zero-order chi connectivity index (χ0) is 15.6. The summed E-state index contributed by atoms with van der Waals surface area (Å²) in [5.74, 6) is -1.57. The maximum Gasteiger partial charge on any atom is 0.351 e. The maximum absolute atomic E-state index is 11.8. The summed E-state index contributed by atoms with van der Waals surface area (Å²) < 4.78 is 27.5. The van der Waals surface area contributed by atoms with Crippen molar-refractivity contribution in [3.8, 4) is 0 Å². The van der Waals surface area contributed by atoms with Gasteiger partial charge < -0.3 is 29.7 Å². The second kappa shape index (κ2) is 6.22. The van der Waals surface area contributed by atoms with Crippen molar-refractivity contribution < 1.29 is 28.6 Å². The molecule has 21 heavy (non-hydrogen) atoms. The van der Waals surface area contributed by atoms with Crippen LogP contribution in [0.3, 0.4) is 0 Å². The standard InChI is InChI=1S/C10H16N3O7P/c1-18-10(5-14)6(20-21(16)17)4-8(19-10)13-3-2-7(11)12-9(13)15/h2-3,6,8,14,21H,4-5H2,1H3,(H,16,17)(H2,11,12,15)/t6-,8+,10+/m0/s1. The molecule has 1 aliphatic rings. The summed E-state index contributed by atoms with van der Waals surface area (Å²) in [6.45, 7) is -0.614. The highest BCUT2D eigenvalue weighted by atomic mass is 31.1. The van der Waals surface area contributed by atoms with Crippen molar-refractivity contribution in [2.75, 3.05) is 19.5 Å². The van der Waals surface area contributed by atoms with Gasteiger partial charge in [0, 0.05) is 19.7 Å². The summed E-state index contributed by atoms with van der Waals surface area (Å²) in [6.07, 6.45) is -0.489. The molecule has 1 aromatic heterocycles. The Bertz CT molecular complexity index is 588. The number of methoxy groups -OCH3 is 1. The first-order valence-electron chi connectivity index (χ1n) is 6.00. The van der Waals surface area contributed by atoms with Gasteiger partial charge in [-0.05, 0) is 6.07 Å². The highest BCUT2D eigenvalue weighted by molar-refractivity contribution is 7.32. The van der Waals surface area contributed by atoms with E-state index in [9.17, 15) is 14.5 Å². The number of ether oxygens (including phenoxy) is 2. The number of rotatable bonds is 5. The van der Waals surface area contributed by atoms with Crippen LogP contribution in [0.5, 0.6) is 0 Å². The first-order chi connectivity index (χ1) is 9.91. The van der Waals surface area contributed by atoms with Crippen LogP contribution in [-0.4, -0.2) is 45.2 Å². The van der Waals surface area contributed by atoms with Gasteiger partial charge in [0.15, 0.2) is 0 Å². The van der Waals surface area contributed by atoms with E-state index in [1.165, 1.54) is 19.4 Å². The summed E-state index contributed by atoms with van der Waals surface area (Å²) in [5.41, 5.74) is 4.75. The van der Waals surface area contributed by atoms with E-state index in [0.29, 0.717) is 0 Å². The van der Waals surface area contributed by atoms with Crippen molar-refractivity contribution >= 4 is 14.1 Å². The van der Waals surface area contributed by atoms with E-state index in [1.54, 1.807) is 0 Å². The smallest absolute Gasteiger partial charge is 0.351 e. The number of aliphatic hydroxyl groups excluding tert-OH is 1. The quantitative estimate of drug-likeness (QED) is 0.572. The average Bonchev–Trinajstić information content (AvgIpc) is 2.77. The fraction of sp³-hybridized carbons (Fsp3) is 0.600. The number of nitrogens with two attached hydrogens (primary N) is 1. The van der Waals surface area contributed by atoms with Crippen molar-refractivity contribution in [1.82, 2.24) is 9.55 Å². The molecule has 4 atom stereocenters. The molecule has 2 rings (SSSR count). The van der Waals surface area contributed by atoms with E-state index in [1.807, 2.05) is 0 Å². The molecule has 1 unspecified atom stereocenters. The van der Waals surface area contributed by atoms with Gasteiger partial charge in [0.1, 0.15) is 18.1 Å². The van der Waals surface area contributed by atoms with E-state index in [0.717, 1.165) is 4.57 Å². The van der Waals surface area contributed by atoms with E-state index >= 15 is 0 Å². The Morgan fingerprint density at radius 2 is 2.43 bits per heavy atom. The van der Waals surface area contributed by atoms with Crippen LogP contribution in [0.25, 0.3) is 0 Å². The first-order valence-corrected chi connectivity index (χ1v) is 7.26. The summed E-state index contributed by atoms with van der Waals surface area (Å²) in [7, 11) is -2.02. The SMILES string of the molecule is CO[C@]1(CO)O[C@@H](n2ccc(N)nc2=O)C[C@@H]1O[PH](=O)O. The Morgan fingerprint density at radius 3 is 2.95 bits per heavy atom. The van der Waals surface area contributed by atoms with Gasteiger partial charge in [-0.2, -0.15) is 4.98 Å². The molecule has 4 N–H and O–H groups in total. The topological polar surface area (TPSA) is 146 Å². The fourth-order valence-electron chi connectivity index (χ4n) is 2.18. The van der Waals surface area contributed by atoms with Crippen molar-refractivity contribution in [2.45, 2.75) is 24.5 Å². The number of nitrogen functional groups attached to an aromatic ring is 1. The van der Waals surface area contributed by atoms with Crippen LogP contribution in [0, 0.1) is 0 Å². The van der Waals surface area contributed by atoms with Crippen molar-refractivity contribution in [3.05, 3.63) is 22.7 Å². The lowest BCUT2D eigenvalue weighted by Crippen LogP contribution is -2.45. The van der Waals surface area contributed by atoms with E-state index in [4.69, 9.17) is 24.6 Å². The summed E-state index contributed by atoms with van der Waals surface area (Å²) in [4.78, 5) is 24.3. The highest BCUT2D eigenvalue weighted by Gasteiger charge is 2.51. The Balaban J connectivity index is 2.32. The molecule has 1 saturated heterocycles. The molecule has 1 fully saturated rings. The molecule has 0 spiro atoms. The Morgan fingerprint density at radius 1 is 1.71 bits per heavy atom. The predicted octanol–water partition coefficient (Wildman–Crippen LogP) is -1.15. The van der Waals surface area contributed by atoms with Crippen molar-refractivity contribution in [2.24, 2.45) is 0 Å². The number of aromatic nitrogens is 2. The van der Waals surface area contributed by atoms with Gasteiger partial charge in [-0.1, -0.05) is 0 Å². The second-order valence-corrected chi connectivity index (χ2v) is 5.16. The van der Waals surface area contributed by atoms with Crippen LogP contribution in [-0.2, 0) is 18.6 Å². The third-order valence-electron chi connectivity index (χ3n) is 3.21. The molecule has 10 nitrogen and oxygen atoms in total.